The Morgan fingerprint density at radius 3 is 2.57 bits per heavy atom. The monoisotopic (exact) mass is 481 g/mol. The van der Waals surface area contributed by atoms with Gasteiger partial charge in [-0.05, 0) is 46.6 Å². The molecule has 0 bridgehead atoms. The maximum absolute atomic E-state index is 12.7. The molecule has 0 saturated carbocycles. The lowest BCUT2D eigenvalue weighted by Gasteiger charge is -2.22. The number of pyridine rings is 1. The summed E-state index contributed by atoms with van der Waals surface area (Å²) in [5.74, 6) is 1.54. The van der Waals surface area contributed by atoms with Crippen LogP contribution in [0.4, 0.5) is 19.0 Å². The van der Waals surface area contributed by atoms with E-state index in [1.54, 1.807) is 0 Å². The number of hydrogen-bond acceptors (Lipinski definition) is 6. The third-order valence-electron chi connectivity index (χ3n) is 4.92. The zero-order valence-corrected chi connectivity index (χ0v) is 17.5. The van der Waals surface area contributed by atoms with Gasteiger partial charge in [0.2, 0.25) is 11.8 Å². The SMILES string of the molecule is FC(F)(F)c1ccc(N2CCCN(Cc3nnc(-c4ccccc4Br)o3)CC2)nc1. The first-order valence-corrected chi connectivity index (χ1v) is 10.3. The number of benzene rings is 1. The fourth-order valence-corrected chi connectivity index (χ4v) is 3.81. The molecule has 0 radical (unpaired) electrons. The summed E-state index contributed by atoms with van der Waals surface area (Å²) in [4.78, 5) is 8.20. The van der Waals surface area contributed by atoms with Crippen LogP contribution < -0.4 is 4.90 Å². The lowest BCUT2D eigenvalue weighted by molar-refractivity contribution is -0.137. The summed E-state index contributed by atoms with van der Waals surface area (Å²) < 4.78 is 44.9. The van der Waals surface area contributed by atoms with E-state index in [0.29, 0.717) is 30.7 Å². The van der Waals surface area contributed by atoms with Crippen molar-refractivity contribution in [1.29, 1.82) is 0 Å². The van der Waals surface area contributed by atoms with Gasteiger partial charge in [0.25, 0.3) is 0 Å². The van der Waals surface area contributed by atoms with Crippen LogP contribution in [0.3, 0.4) is 0 Å². The number of hydrogen-bond donors (Lipinski definition) is 0. The highest BCUT2D eigenvalue weighted by Crippen LogP contribution is 2.30. The van der Waals surface area contributed by atoms with Crippen molar-refractivity contribution in [2.24, 2.45) is 0 Å². The van der Waals surface area contributed by atoms with Gasteiger partial charge in [-0.15, -0.1) is 10.2 Å². The molecule has 0 unspecified atom stereocenters. The van der Waals surface area contributed by atoms with Crippen LogP contribution in [0.25, 0.3) is 11.5 Å². The Bertz CT molecular complexity index is 993. The molecular weight excluding hydrogens is 463 g/mol. The van der Waals surface area contributed by atoms with Crippen LogP contribution in [-0.2, 0) is 12.7 Å². The number of aromatic nitrogens is 3. The zero-order chi connectivity index (χ0) is 21.1. The van der Waals surface area contributed by atoms with Gasteiger partial charge in [-0.2, -0.15) is 13.2 Å². The molecule has 0 aliphatic carbocycles. The minimum absolute atomic E-state index is 0.461. The van der Waals surface area contributed by atoms with E-state index >= 15 is 0 Å². The summed E-state index contributed by atoms with van der Waals surface area (Å²) in [7, 11) is 0. The van der Waals surface area contributed by atoms with Crippen LogP contribution in [0.15, 0.2) is 51.5 Å². The highest BCUT2D eigenvalue weighted by molar-refractivity contribution is 9.10. The molecule has 1 saturated heterocycles. The van der Waals surface area contributed by atoms with E-state index in [0.717, 1.165) is 48.4 Å². The van der Waals surface area contributed by atoms with Crippen LogP contribution in [0.5, 0.6) is 0 Å². The fraction of sp³-hybridized carbons (Fsp3) is 0.350. The van der Waals surface area contributed by atoms with E-state index in [1.807, 2.05) is 29.2 Å². The Morgan fingerprint density at radius 2 is 1.83 bits per heavy atom. The van der Waals surface area contributed by atoms with Crippen LogP contribution in [-0.4, -0.2) is 46.3 Å². The largest absolute Gasteiger partial charge is 0.419 e. The summed E-state index contributed by atoms with van der Waals surface area (Å²) in [5.41, 5.74) is 0.103. The third kappa shape index (κ3) is 4.81. The Kier molecular flexibility index (Phi) is 6.05. The summed E-state index contributed by atoms with van der Waals surface area (Å²) in [6.45, 7) is 3.44. The molecule has 1 fully saturated rings. The average molecular weight is 482 g/mol. The second kappa shape index (κ2) is 8.73. The van der Waals surface area contributed by atoms with Crippen LogP contribution in [0.1, 0.15) is 17.9 Å². The summed E-state index contributed by atoms with van der Waals surface area (Å²) >= 11 is 3.48. The second-order valence-electron chi connectivity index (χ2n) is 7.00. The highest BCUT2D eigenvalue weighted by atomic mass is 79.9. The van der Waals surface area contributed by atoms with Crippen molar-refractivity contribution in [2.45, 2.75) is 19.1 Å². The van der Waals surface area contributed by atoms with Gasteiger partial charge in [0.1, 0.15) is 5.82 Å². The molecule has 0 atom stereocenters. The maximum atomic E-state index is 12.7. The third-order valence-corrected chi connectivity index (χ3v) is 5.61. The maximum Gasteiger partial charge on any atom is 0.417 e. The molecule has 1 aliphatic heterocycles. The van der Waals surface area contributed by atoms with Crippen molar-refractivity contribution >= 4 is 21.7 Å². The normalized spacial score (nSPS) is 15.9. The fourth-order valence-electron chi connectivity index (χ4n) is 3.35. The molecule has 6 nitrogen and oxygen atoms in total. The van der Waals surface area contributed by atoms with Crippen molar-refractivity contribution in [3.63, 3.8) is 0 Å². The molecule has 2 aromatic heterocycles. The number of anilines is 1. The predicted molar refractivity (Wildman–Crippen MR) is 109 cm³/mol. The first-order valence-electron chi connectivity index (χ1n) is 9.48. The molecule has 1 aliphatic rings. The summed E-state index contributed by atoms with van der Waals surface area (Å²) in [5, 5.41) is 8.30. The van der Waals surface area contributed by atoms with E-state index < -0.39 is 11.7 Å². The van der Waals surface area contributed by atoms with E-state index in [2.05, 4.69) is 36.0 Å². The van der Waals surface area contributed by atoms with Gasteiger partial charge < -0.3 is 9.32 Å². The minimum Gasteiger partial charge on any atom is -0.419 e. The Hall–Kier alpha value is -2.46. The predicted octanol–water partition coefficient (Wildman–Crippen LogP) is 4.63. The number of nitrogens with zero attached hydrogens (tertiary/aromatic N) is 5. The van der Waals surface area contributed by atoms with Crippen LogP contribution in [0.2, 0.25) is 0 Å². The first-order chi connectivity index (χ1) is 14.4. The number of halogens is 4. The molecular formula is C20H19BrF3N5O. The topological polar surface area (TPSA) is 58.3 Å². The Morgan fingerprint density at radius 1 is 1.00 bits per heavy atom. The van der Waals surface area contributed by atoms with Crippen molar-refractivity contribution in [3.05, 3.63) is 58.5 Å². The molecule has 30 heavy (non-hydrogen) atoms. The summed E-state index contributed by atoms with van der Waals surface area (Å²) in [6, 6.07) is 10.1. The summed E-state index contributed by atoms with van der Waals surface area (Å²) in [6.07, 6.45) is -2.63. The Labute approximate surface area is 179 Å². The van der Waals surface area contributed by atoms with Gasteiger partial charge in [-0.25, -0.2) is 4.98 Å². The lowest BCUT2D eigenvalue weighted by atomic mass is 10.2. The van der Waals surface area contributed by atoms with Crippen molar-refractivity contribution < 1.29 is 17.6 Å². The molecule has 3 aromatic rings. The van der Waals surface area contributed by atoms with Gasteiger partial charge in [0, 0.05) is 36.8 Å². The molecule has 3 heterocycles. The molecule has 1 aromatic carbocycles. The number of rotatable bonds is 4. The van der Waals surface area contributed by atoms with Crippen molar-refractivity contribution in [1.82, 2.24) is 20.1 Å². The molecule has 0 amide bonds. The van der Waals surface area contributed by atoms with Crippen LogP contribution >= 0.6 is 15.9 Å². The standard InChI is InChI=1S/C20H19BrF3N5O/c21-16-5-2-1-4-15(16)19-27-26-18(30-19)13-28-8-3-9-29(11-10-28)17-7-6-14(12-25-17)20(22,23)24/h1-2,4-7,12H,3,8-11,13H2. The van der Waals surface area contributed by atoms with Gasteiger partial charge >= 0.3 is 6.18 Å². The highest BCUT2D eigenvalue weighted by Gasteiger charge is 2.31. The zero-order valence-electron chi connectivity index (χ0n) is 15.9. The lowest BCUT2D eigenvalue weighted by Crippen LogP contribution is -2.31. The average Bonchev–Trinajstić information content (AvgIpc) is 3.05. The Balaban J connectivity index is 1.38. The number of alkyl halides is 3. The molecule has 158 valence electrons. The van der Waals surface area contributed by atoms with E-state index in [4.69, 9.17) is 4.42 Å². The van der Waals surface area contributed by atoms with Crippen LogP contribution in [0, 0.1) is 0 Å². The second-order valence-corrected chi connectivity index (χ2v) is 7.85. The van der Waals surface area contributed by atoms with Gasteiger partial charge in [0.15, 0.2) is 0 Å². The van der Waals surface area contributed by atoms with E-state index in [-0.39, 0.29) is 0 Å². The molecule has 0 N–H and O–H groups in total. The van der Waals surface area contributed by atoms with Gasteiger partial charge in [0.05, 0.1) is 17.7 Å². The van der Waals surface area contributed by atoms with E-state index in [9.17, 15) is 13.2 Å². The van der Waals surface area contributed by atoms with E-state index in [1.165, 1.54) is 6.07 Å². The van der Waals surface area contributed by atoms with Crippen molar-refractivity contribution in [2.75, 3.05) is 31.1 Å². The van der Waals surface area contributed by atoms with Gasteiger partial charge in [-0.3, -0.25) is 4.90 Å². The minimum atomic E-state index is -4.38. The van der Waals surface area contributed by atoms with Gasteiger partial charge in [-0.1, -0.05) is 12.1 Å². The quantitative estimate of drug-likeness (QED) is 0.541. The molecule has 10 heteroatoms. The molecule has 0 spiro atoms. The first kappa shape index (κ1) is 20.8. The van der Waals surface area contributed by atoms with Crippen molar-refractivity contribution in [3.8, 4) is 11.5 Å². The molecule has 4 rings (SSSR count). The smallest absolute Gasteiger partial charge is 0.417 e.